The molecule has 2 aliphatic rings. The number of nitrogens with one attached hydrogen (secondary N) is 1. The van der Waals surface area contributed by atoms with Crippen LogP contribution in [0, 0.1) is 0 Å². The molecule has 2 aliphatic heterocycles. The molecule has 0 saturated heterocycles. The number of rotatable bonds is 4. The average Bonchev–Trinajstić information content (AvgIpc) is 3.48. The molecule has 9 nitrogen and oxygen atoms in total. The Kier molecular flexibility index (Phi) is 4.37. The molecule has 0 spiro atoms. The largest absolute Gasteiger partial charge is 0.447 e. The van der Waals surface area contributed by atoms with E-state index in [0.717, 1.165) is 21.4 Å². The van der Waals surface area contributed by atoms with Gasteiger partial charge in [-0.1, -0.05) is 0 Å². The highest BCUT2D eigenvalue weighted by Crippen LogP contribution is 2.31. The monoisotopic (exact) mass is 431 g/mol. The van der Waals surface area contributed by atoms with E-state index in [2.05, 4.69) is 15.3 Å². The van der Waals surface area contributed by atoms with Crippen molar-refractivity contribution >= 4 is 37.6 Å². The Morgan fingerprint density at radius 1 is 1.17 bits per heavy atom. The maximum Gasteiger partial charge on any atom is 0.318 e. The van der Waals surface area contributed by atoms with E-state index in [0.29, 0.717) is 32.1 Å². The topological polar surface area (TPSA) is 109 Å². The Bertz CT molecular complexity index is 1200. The summed E-state index contributed by atoms with van der Waals surface area (Å²) in [4.78, 5) is 22.5. The fourth-order valence-corrected chi connectivity index (χ4v) is 5.85. The lowest BCUT2D eigenvalue weighted by Crippen LogP contribution is -2.41. The zero-order chi connectivity index (χ0) is 20.0. The van der Waals surface area contributed by atoms with Crippen LogP contribution in [0.2, 0.25) is 0 Å². The summed E-state index contributed by atoms with van der Waals surface area (Å²) in [5.74, 6) is 0.438. The van der Waals surface area contributed by atoms with Gasteiger partial charge in [0.25, 0.3) is 0 Å². The van der Waals surface area contributed by atoms with Crippen LogP contribution in [0.15, 0.2) is 56.6 Å². The first-order valence-electron chi connectivity index (χ1n) is 8.95. The summed E-state index contributed by atoms with van der Waals surface area (Å²) in [6.07, 6.45) is 2.98. The number of carbonyl (C=O) groups is 1. The van der Waals surface area contributed by atoms with Gasteiger partial charge in [0.05, 0.1) is 33.4 Å². The van der Waals surface area contributed by atoms with Gasteiger partial charge >= 0.3 is 6.03 Å². The van der Waals surface area contributed by atoms with Gasteiger partial charge in [0.15, 0.2) is 0 Å². The summed E-state index contributed by atoms with van der Waals surface area (Å²) in [5.41, 5.74) is 4.47. The molecule has 5 rings (SSSR count). The molecule has 29 heavy (non-hydrogen) atoms. The predicted molar refractivity (Wildman–Crippen MR) is 106 cm³/mol. The number of hydrogen-bond acceptors (Lipinski definition) is 7. The van der Waals surface area contributed by atoms with Gasteiger partial charge < -0.3 is 14.6 Å². The lowest BCUT2D eigenvalue weighted by atomic mass is 10.2. The van der Waals surface area contributed by atoms with Gasteiger partial charge in [-0.05, 0) is 29.3 Å². The molecule has 1 N–H and O–H groups in total. The zero-order valence-corrected chi connectivity index (χ0v) is 16.9. The number of nitrogens with zero attached hydrogens (tertiary/aromatic N) is 4. The van der Waals surface area contributed by atoms with Crippen molar-refractivity contribution in [1.29, 1.82) is 0 Å². The molecule has 2 aromatic heterocycles. The fourth-order valence-electron chi connectivity index (χ4n) is 3.61. The second-order valence-corrected chi connectivity index (χ2v) is 9.73. The van der Waals surface area contributed by atoms with Crippen LogP contribution in [-0.4, -0.2) is 59.8 Å². The summed E-state index contributed by atoms with van der Waals surface area (Å²) >= 11 is 1.42. The van der Waals surface area contributed by atoms with Gasteiger partial charge in [0, 0.05) is 26.2 Å². The number of thiazole rings is 1. The smallest absolute Gasteiger partial charge is 0.318 e. The standard InChI is InChI=1S/C18H17N5O4S2/c24-18(20-6-17-19-3-4-27-17)22-7-12-9-23(10-13(12)8-22)29(25,26)14-1-2-15-16(5-14)28-11-21-15/h1-5,11H,6-10H2,(H,20,24). The molecular formula is C18H17N5O4S2. The van der Waals surface area contributed by atoms with Gasteiger partial charge in [-0.15, -0.1) is 11.3 Å². The predicted octanol–water partition coefficient (Wildman–Crippen LogP) is 1.81. The van der Waals surface area contributed by atoms with E-state index in [1.54, 1.807) is 28.6 Å². The van der Waals surface area contributed by atoms with E-state index in [1.807, 2.05) is 0 Å². The van der Waals surface area contributed by atoms with Crippen LogP contribution in [0.5, 0.6) is 0 Å². The first-order valence-corrected chi connectivity index (χ1v) is 11.3. The molecule has 0 atom stereocenters. The summed E-state index contributed by atoms with van der Waals surface area (Å²) in [6.45, 7) is 1.68. The highest BCUT2D eigenvalue weighted by atomic mass is 32.2. The van der Waals surface area contributed by atoms with Crippen molar-refractivity contribution in [2.24, 2.45) is 0 Å². The summed E-state index contributed by atoms with van der Waals surface area (Å²) in [5, 5.41) is 2.77. The van der Waals surface area contributed by atoms with E-state index in [9.17, 15) is 13.2 Å². The molecule has 0 aliphatic carbocycles. The number of urea groups is 1. The number of fused-ring (bicyclic) bond motifs is 1. The number of amides is 2. The molecule has 1 aromatic carbocycles. The van der Waals surface area contributed by atoms with Crippen LogP contribution >= 0.6 is 11.3 Å². The average molecular weight is 431 g/mol. The fraction of sp³-hybridized carbons (Fsp3) is 0.278. The number of aromatic nitrogens is 2. The van der Waals surface area contributed by atoms with Gasteiger partial charge in [-0.25, -0.2) is 23.2 Å². The van der Waals surface area contributed by atoms with E-state index in [1.165, 1.54) is 28.1 Å². The van der Waals surface area contributed by atoms with Gasteiger partial charge in [0.2, 0.25) is 15.9 Å². The SMILES string of the molecule is O=C(NCc1ncco1)N1CC2=C(C1)CN(S(=O)(=O)c1ccc3ncsc3c1)C2. The normalized spacial score (nSPS) is 17.3. The van der Waals surface area contributed by atoms with Gasteiger partial charge in [-0.3, -0.25) is 0 Å². The first kappa shape index (κ1) is 18.3. The Hall–Kier alpha value is -2.76. The second kappa shape index (κ2) is 6.94. The van der Waals surface area contributed by atoms with Gasteiger partial charge in [-0.2, -0.15) is 4.31 Å². The molecule has 0 radical (unpaired) electrons. The van der Waals surface area contributed by atoms with E-state index in [-0.39, 0.29) is 17.5 Å². The molecule has 2 amide bonds. The quantitative estimate of drug-likeness (QED) is 0.631. The minimum absolute atomic E-state index is 0.216. The summed E-state index contributed by atoms with van der Waals surface area (Å²) in [7, 11) is -3.60. The third-order valence-corrected chi connectivity index (χ3v) is 7.68. The molecular weight excluding hydrogens is 414 g/mol. The zero-order valence-electron chi connectivity index (χ0n) is 15.2. The van der Waals surface area contributed by atoms with E-state index in [4.69, 9.17) is 4.42 Å². The van der Waals surface area contributed by atoms with Crippen molar-refractivity contribution in [3.05, 3.63) is 53.2 Å². The number of oxazole rings is 1. The van der Waals surface area contributed by atoms with Crippen LogP contribution in [0.25, 0.3) is 10.2 Å². The van der Waals surface area contributed by atoms with Crippen molar-refractivity contribution in [2.45, 2.75) is 11.4 Å². The number of sulfonamides is 1. The van der Waals surface area contributed by atoms with Crippen LogP contribution in [0.4, 0.5) is 4.79 Å². The Morgan fingerprint density at radius 3 is 2.69 bits per heavy atom. The van der Waals surface area contributed by atoms with Crippen molar-refractivity contribution in [1.82, 2.24) is 24.5 Å². The minimum atomic E-state index is -3.60. The highest BCUT2D eigenvalue weighted by molar-refractivity contribution is 7.89. The van der Waals surface area contributed by atoms with Crippen LogP contribution in [0.1, 0.15) is 5.89 Å². The first-order chi connectivity index (χ1) is 14.0. The molecule has 150 valence electrons. The molecule has 0 bridgehead atoms. The van der Waals surface area contributed by atoms with Crippen LogP contribution < -0.4 is 5.32 Å². The summed E-state index contributed by atoms with van der Waals surface area (Å²) < 4.78 is 33.5. The molecule has 0 unspecified atom stereocenters. The Labute approximate surface area is 170 Å². The van der Waals surface area contributed by atoms with Gasteiger partial charge in [0.1, 0.15) is 6.26 Å². The third-order valence-electron chi connectivity index (χ3n) is 5.10. The lowest BCUT2D eigenvalue weighted by Gasteiger charge is -2.22. The maximum absolute atomic E-state index is 13.1. The molecule has 11 heteroatoms. The van der Waals surface area contributed by atoms with E-state index >= 15 is 0 Å². The highest BCUT2D eigenvalue weighted by Gasteiger charge is 2.37. The number of carbonyl (C=O) groups excluding carboxylic acids is 1. The van der Waals surface area contributed by atoms with Crippen molar-refractivity contribution < 1.29 is 17.6 Å². The molecule has 3 aromatic rings. The number of benzene rings is 1. The second-order valence-electron chi connectivity index (χ2n) is 6.90. The van der Waals surface area contributed by atoms with Crippen molar-refractivity contribution in [3.8, 4) is 0 Å². The van der Waals surface area contributed by atoms with E-state index < -0.39 is 10.0 Å². The Balaban J connectivity index is 1.23. The summed E-state index contributed by atoms with van der Waals surface area (Å²) in [6, 6.07) is 4.79. The molecule has 4 heterocycles. The lowest BCUT2D eigenvalue weighted by molar-refractivity contribution is 0.206. The molecule has 0 fully saturated rings. The van der Waals surface area contributed by atoms with Crippen LogP contribution in [-0.2, 0) is 16.6 Å². The van der Waals surface area contributed by atoms with Crippen molar-refractivity contribution in [2.75, 3.05) is 26.2 Å². The minimum Gasteiger partial charge on any atom is -0.447 e. The Morgan fingerprint density at radius 2 is 1.97 bits per heavy atom. The molecule has 0 saturated carbocycles. The third kappa shape index (κ3) is 3.30. The van der Waals surface area contributed by atoms with Crippen molar-refractivity contribution in [3.63, 3.8) is 0 Å². The van der Waals surface area contributed by atoms with Crippen LogP contribution in [0.3, 0.4) is 0 Å². The maximum atomic E-state index is 13.1. The number of hydrogen-bond donors (Lipinski definition) is 1.